The highest BCUT2D eigenvalue weighted by molar-refractivity contribution is 7.10. The van der Waals surface area contributed by atoms with Gasteiger partial charge in [-0.25, -0.2) is 0 Å². The van der Waals surface area contributed by atoms with E-state index in [0.29, 0.717) is 12.3 Å². The largest absolute Gasteiger partial charge is 0.464 e. The molecule has 3 aromatic heterocycles. The number of furan rings is 1. The fraction of sp³-hybridized carbons (Fsp3) is 0.240. The van der Waals surface area contributed by atoms with Gasteiger partial charge in [-0.05, 0) is 47.5 Å². The third-order valence-corrected chi connectivity index (χ3v) is 7.64. The zero-order valence-corrected chi connectivity index (χ0v) is 18.6. The summed E-state index contributed by atoms with van der Waals surface area (Å²) in [5, 5.41) is 20.9. The highest BCUT2D eigenvalue weighted by atomic mass is 32.1. The lowest BCUT2D eigenvalue weighted by molar-refractivity contribution is -0.131. The number of amides is 1. The average molecular weight is 446 g/mol. The van der Waals surface area contributed by atoms with Crippen molar-refractivity contribution >= 4 is 34.0 Å². The van der Waals surface area contributed by atoms with Crippen LogP contribution < -0.4 is 0 Å². The molecule has 162 valence electrons. The minimum absolute atomic E-state index is 0.0409. The van der Waals surface area contributed by atoms with Gasteiger partial charge in [0, 0.05) is 46.3 Å². The summed E-state index contributed by atoms with van der Waals surface area (Å²) in [5.74, 6) is -0.195. The van der Waals surface area contributed by atoms with Crippen LogP contribution in [0.5, 0.6) is 0 Å². The number of aromatic nitrogens is 1. The van der Waals surface area contributed by atoms with Crippen LogP contribution >= 0.6 is 11.3 Å². The Bertz CT molecular complexity index is 1340. The summed E-state index contributed by atoms with van der Waals surface area (Å²) in [6, 6.07) is 13.5. The number of benzene rings is 1. The van der Waals surface area contributed by atoms with Gasteiger partial charge < -0.3 is 14.4 Å². The van der Waals surface area contributed by atoms with Crippen LogP contribution in [0.1, 0.15) is 35.3 Å². The Morgan fingerprint density at radius 1 is 1.28 bits per heavy atom. The summed E-state index contributed by atoms with van der Waals surface area (Å²) < 4.78 is 5.48. The van der Waals surface area contributed by atoms with E-state index >= 15 is 0 Å². The maximum atomic E-state index is 13.5. The monoisotopic (exact) mass is 445 g/mol. The van der Waals surface area contributed by atoms with Crippen LogP contribution in [0.15, 0.2) is 64.7 Å². The first-order valence-corrected chi connectivity index (χ1v) is 11.3. The molecule has 1 aliphatic heterocycles. The Kier molecular flexibility index (Phi) is 4.95. The van der Waals surface area contributed by atoms with E-state index in [1.54, 1.807) is 36.9 Å². The maximum Gasteiger partial charge on any atom is 0.236 e. The molecule has 2 N–H and O–H groups in total. The molecule has 0 spiro atoms. The number of nitrogens with one attached hydrogen (secondary N) is 1. The van der Waals surface area contributed by atoms with Crippen molar-refractivity contribution < 1.29 is 14.3 Å². The third kappa shape index (κ3) is 3.25. The zero-order chi connectivity index (χ0) is 22.5. The van der Waals surface area contributed by atoms with E-state index in [1.807, 2.05) is 35.7 Å². The van der Waals surface area contributed by atoms with Crippen LogP contribution in [0.2, 0.25) is 0 Å². The molecule has 1 aliphatic rings. The first kappa shape index (κ1) is 20.6. The number of likely N-dealkylation sites (tertiary alicyclic amines) is 1. The number of carbonyl (C=O) groups is 1. The normalized spacial score (nSPS) is 21.5. The van der Waals surface area contributed by atoms with Gasteiger partial charge in [-0.2, -0.15) is 0 Å². The summed E-state index contributed by atoms with van der Waals surface area (Å²) in [6.07, 6.45) is 3.79. The molecule has 2 atom stereocenters. The van der Waals surface area contributed by atoms with Gasteiger partial charge in [0.15, 0.2) is 0 Å². The first-order valence-electron chi connectivity index (χ1n) is 10.4. The molecule has 4 heterocycles. The summed E-state index contributed by atoms with van der Waals surface area (Å²) in [6.45, 7) is 2.03. The molecule has 1 aromatic carbocycles. The van der Waals surface area contributed by atoms with Crippen LogP contribution in [0.4, 0.5) is 0 Å². The van der Waals surface area contributed by atoms with Gasteiger partial charge in [-0.15, -0.1) is 11.3 Å². The van der Waals surface area contributed by atoms with E-state index in [2.05, 4.69) is 18.0 Å². The number of hydrogen-bond acceptors (Lipinski definition) is 6. The van der Waals surface area contributed by atoms with E-state index < -0.39 is 11.3 Å². The number of aliphatic hydroxyl groups is 1. The lowest BCUT2D eigenvalue weighted by Gasteiger charge is -2.44. The van der Waals surface area contributed by atoms with Crippen LogP contribution in [0, 0.1) is 5.41 Å². The van der Waals surface area contributed by atoms with Crippen molar-refractivity contribution in [2.24, 2.45) is 0 Å². The van der Waals surface area contributed by atoms with E-state index in [1.165, 1.54) is 4.90 Å². The first-order chi connectivity index (χ1) is 15.4. The van der Waals surface area contributed by atoms with E-state index in [-0.39, 0.29) is 12.5 Å². The number of nitrogens with zero attached hydrogens (tertiary/aromatic N) is 2. The number of thiophene rings is 1. The van der Waals surface area contributed by atoms with Gasteiger partial charge in [0.05, 0.1) is 24.5 Å². The molecule has 0 unspecified atom stereocenters. The molecule has 32 heavy (non-hydrogen) atoms. The molecule has 6 nitrogen and oxygen atoms in total. The van der Waals surface area contributed by atoms with Crippen molar-refractivity contribution in [3.63, 3.8) is 0 Å². The molecule has 0 radical (unpaired) electrons. The fourth-order valence-electron chi connectivity index (χ4n) is 4.57. The summed E-state index contributed by atoms with van der Waals surface area (Å²) in [4.78, 5) is 20.4. The molecular formula is C25H23N3O3S. The van der Waals surface area contributed by atoms with Crippen molar-refractivity contribution in [2.45, 2.75) is 31.3 Å². The Morgan fingerprint density at radius 2 is 2.12 bits per heavy atom. The highest BCUT2D eigenvalue weighted by Crippen LogP contribution is 2.49. The number of likely N-dealkylation sites (N-methyl/N-ethyl adjacent to an activating group) is 1. The second-order valence-corrected chi connectivity index (χ2v) is 9.41. The Hall–Kier alpha value is -3.29. The number of piperidine rings is 1. The Morgan fingerprint density at radius 3 is 2.94 bits per heavy atom. The number of hydrogen-bond donors (Lipinski definition) is 2. The number of amidine groups is 1. The van der Waals surface area contributed by atoms with Crippen LogP contribution in [-0.2, 0) is 16.8 Å². The predicted octanol–water partition coefficient (Wildman–Crippen LogP) is 4.93. The summed E-state index contributed by atoms with van der Waals surface area (Å²) >= 11 is 1.58. The Labute approximate surface area is 189 Å². The lowest BCUT2D eigenvalue weighted by Crippen LogP contribution is -2.51. The number of carbonyl (C=O) groups excluding carboxylic acids is 1. The second-order valence-electron chi connectivity index (χ2n) is 8.50. The third-order valence-electron chi connectivity index (χ3n) is 6.43. The van der Waals surface area contributed by atoms with Crippen molar-refractivity contribution in [3.05, 3.63) is 76.3 Å². The molecule has 0 saturated carbocycles. The maximum absolute atomic E-state index is 13.5. The molecule has 0 aliphatic carbocycles. The predicted molar refractivity (Wildman–Crippen MR) is 125 cm³/mol. The van der Waals surface area contributed by atoms with Crippen molar-refractivity contribution in [2.75, 3.05) is 7.05 Å². The molecule has 1 amide bonds. The van der Waals surface area contributed by atoms with Crippen LogP contribution in [-0.4, -0.2) is 33.8 Å². The smallest absolute Gasteiger partial charge is 0.236 e. The minimum Gasteiger partial charge on any atom is -0.464 e. The number of rotatable bonds is 4. The van der Waals surface area contributed by atoms with Gasteiger partial charge in [0.1, 0.15) is 11.4 Å². The molecule has 0 bridgehead atoms. The summed E-state index contributed by atoms with van der Waals surface area (Å²) in [5.41, 5.74) is 3.66. The van der Waals surface area contributed by atoms with E-state index in [9.17, 15) is 9.90 Å². The number of fused-ring (bicyclic) bond motifs is 1. The molecule has 4 aromatic rings. The molecular weight excluding hydrogens is 422 g/mol. The minimum atomic E-state index is -0.574. The SMILES string of the molecule is CN1C(=N)C[C@](C)(c2cc(-c3cc(CO)ccn3)cs2)[C@H](c2ccc3occc3c2)C1=O. The Balaban J connectivity index is 1.61. The number of pyridine rings is 1. The van der Waals surface area contributed by atoms with E-state index in [0.717, 1.165) is 38.2 Å². The molecule has 5 rings (SSSR count). The summed E-state index contributed by atoms with van der Waals surface area (Å²) in [7, 11) is 1.68. The lowest BCUT2D eigenvalue weighted by atomic mass is 9.67. The highest BCUT2D eigenvalue weighted by Gasteiger charge is 2.49. The average Bonchev–Trinajstić information content (AvgIpc) is 3.47. The van der Waals surface area contributed by atoms with Crippen LogP contribution in [0.25, 0.3) is 22.2 Å². The van der Waals surface area contributed by atoms with Crippen molar-refractivity contribution in [1.29, 1.82) is 5.41 Å². The van der Waals surface area contributed by atoms with Crippen molar-refractivity contribution in [1.82, 2.24) is 9.88 Å². The molecule has 1 saturated heterocycles. The van der Waals surface area contributed by atoms with E-state index in [4.69, 9.17) is 9.83 Å². The van der Waals surface area contributed by atoms with Gasteiger partial charge in [-0.1, -0.05) is 13.0 Å². The molecule has 1 fully saturated rings. The van der Waals surface area contributed by atoms with Gasteiger partial charge in [0.2, 0.25) is 5.91 Å². The second kappa shape index (κ2) is 7.69. The standard InChI is InChI=1S/C25H23N3O3S/c1-25(21-11-18(14-32-21)19-9-15(13-29)5-7-27-19)12-22(26)28(2)24(30)23(25)17-3-4-20-16(10-17)6-8-31-20/h3-11,14,23,26,29H,12-13H2,1-2H3/t23-,25-/m1/s1. The quantitative estimate of drug-likeness (QED) is 0.466. The van der Waals surface area contributed by atoms with Crippen molar-refractivity contribution in [3.8, 4) is 11.3 Å². The van der Waals surface area contributed by atoms with Gasteiger partial charge in [-0.3, -0.25) is 15.2 Å². The van der Waals surface area contributed by atoms with Crippen LogP contribution in [0.3, 0.4) is 0 Å². The van der Waals surface area contributed by atoms with Gasteiger partial charge >= 0.3 is 0 Å². The number of aliphatic hydroxyl groups excluding tert-OH is 1. The van der Waals surface area contributed by atoms with Gasteiger partial charge in [0.25, 0.3) is 0 Å². The fourth-order valence-corrected chi connectivity index (χ4v) is 5.67. The molecule has 7 heteroatoms. The zero-order valence-electron chi connectivity index (χ0n) is 17.8. The topological polar surface area (TPSA) is 90.4 Å².